The van der Waals surface area contributed by atoms with E-state index in [0.717, 1.165) is 5.47 Å². The maximum atomic E-state index is 13.0. The minimum absolute atomic E-state index is 0.150. The van der Waals surface area contributed by atoms with Gasteiger partial charge in [-0.2, -0.15) is 0 Å². The van der Waals surface area contributed by atoms with Gasteiger partial charge in [0, 0.05) is 0 Å². The van der Waals surface area contributed by atoms with Crippen LogP contribution in [-0.4, -0.2) is 18.3 Å². The minimum atomic E-state index is -0.493. The summed E-state index contributed by atoms with van der Waals surface area (Å²) >= 11 is 0. The first-order chi connectivity index (χ1) is 7.57. The van der Waals surface area contributed by atoms with E-state index in [1.165, 1.54) is 6.08 Å². The molecule has 1 fully saturated rings. The van der Waals surface area contributed by atoms with Crippen molar-refractivity contribution >= 4 is 7.12 Å². The van der Waals surface area contributed by atoms with E-state index in [2.05, 4.69) is 6.58 Å². The molecule has 0 bridgehead atoms. The molecule has 0 saturated carbocycles. The van der Waals surface area contributed by atoms with Crippen LogP contribution in [0.3, 0.4) is 0 Å². The molecular formula is C13H22BFO2. The Hall–Kier alpha value is -0.605. The van der Waals surface area contributed by atoms with Gasteiger partial charge in [-0.1, -0.05) is 20.4 Å². The van der Waals surface area contributed by atoms with Crippen molar-refractivity contribution in [2.24, 2.45) is 5.92 Å². The van der Waals surface area contributed by atoms with Crippen LogP contribution in [0.15, 0.2) is 24.0 Å². The van der Waals surface area contributed by atoms with Gasteiger partial charge in [0.25, 0.3) is 0 Å². The van der Waals surface area contributed by atoms with Crippen LogP contribution in [0.2, 0.25) is 0 Å². The maximum Gasteiger partial charge on any atom is 0.490 e. The number of halogens is 1. The van der Waals surface area contributed by atoms with Gasteiger partial charge >= 0.3 is 7.12 Å². The molecule has 0 unspecified atom stereocenters. The summed E-state index contributed by atoms with van der Waals surface area (Å²) in [7, 11) is -0.493. The van der Waals surface area contributed by atoms with Crippen LogP contribution in [0.1, 0.15) is 41.5 Å². The second-order valence-corrected chi connectivity index (χ2v) is 5.83. The Morgan fingerprint density at radius 1 is 1.18 bits per heavy atom. The molecule has 1 aliphatic heterocycles. The predicted molar refractivity (Wildman–Crippen MR) is 69.3 cm³/mol. The third kappa shape index (κ3) is 2.99. The molecule has 1 aliphatic rings. The van der Waals surface area contributed by atoms with Crippen molar-refractivity contribution in [2.75, 3.05) is 0 Å². The second-order valence-electron chi connectivity index (χ2n) is 5.83. The van der Waals surface area contributed by atoms with Gasteiger partial charge in [-0.05, 0) is 45.2 Å². The van der Waals surface area contributed by atoms with Crippen LogP contribution >= 0.6 is 0 Å². The lowest BCUT2D eigenvalue weighted by Crippen LogP contribution is -2.41. The Morgan fingerprint density at radius 2 is 1.59 bits per heavy atom. The summed E-state index contributed by atoms with van der Waals surface area (Å²) in [6.45, 7) is 15.2. The van der Waals surface area contributed by atoms with E-state index in [9.17, 15) is 4.39 Å². The molecule has 0 atom stereocenters. The normalized spacial score (nSPS) is 23.3. The monoisotopic (exact) mass is 240 g/mol. The number of hydrogen-bond acceptors (Lipinski definition) is 2. The van der Waals surface area contributed by atoms with Crippen molar-refractivity contribution < 1.29 is 13.7 Å². The Balaban J connectivity index is 2.99. The molecule has 1 rings (SSSR count). The molecule has 1 heterocycles. The summed E-state index contributed by atoms with van der Waals surface area (Å²) < 4.78 is 24.7. The van der Waals surface area contributed by atoms with Crippen LogP contribution < -0.4 is 0 Å². The molecule has 0 aliphatic carbocycles. The fourth-order valence-electron chi connectivity index (χ4n) is 1.67. The van der Waals surface area contributed by atoms with Gasteiger partial charge in [0.2, 0.25) is 0 Å². The van der Waals surface area contributed by atoms with Gasteiger partial charge in [-0.25, -0.2) is 4.39 Å². The van der Waals surface area contributed by atoms with Gasteiger partial charge in [0.05, 0.1) is 11.2 Å². The quantitative estimate of drug-likeness (QED) is 0.553. The SMILES string of the molecule is C=C(F)C=C(B1OC(C)(C)C(C)(C)O1)C(C)C. The fraction of sp³-hybridized carbons (Fsp3) is 0.692. The molecule has 0 radical (unpaired) electrons. The third-order valence-electron chi connectivity index (χ3n) is 3.52. The highest BCUT2D eigenvalue weighted by atomic mass is 19.1. The number of rotatable bonds is 3. The highest BCUT2D eigenvalue weighted by molar-refractivity contribution is 6.54. The van der Waals surface area contributed by atoms with E-state index in [-0.39, 0.29) is 5.92 Å². The largest absolute Gasteiger partial charge is 0.490 e. The van der Waals surface area contributed by atoms with Crippen LogP contribution in [0.4, 0.5) is 4.39 Å². The molecule has 0 N–H and O–H groups in total. The Kier molecular flexibility index (Phi) is 3.89. The van der Waals surface area contributed by atoms with E-state index in [1.807, 2.05) is 41.5 Å². The zero-order valence-corrected chi connectivity index (χ0v) is 11.6. The van der Waals surface area contributed by atoms with E-state index in [1.54, 1.807) is 0 Å². The molecule has 4 heteroatoms. The molecule has 0 amide bonds. The molecular weight excluding hydrogens is 218 g/mol. The first-order valence-corrected chi connectivity index (χ1v) is 5.98. The highest BCUT2D eigenvalue weighted by Crippen LogP contribution is 2.39. The molecule has 0 aromatic heterocycles. The predicted octanol–water partition coefficient (Wildman–Crippen LogP) is 3.68. The van der Waals surface area contributed by atoms with Gasteiger partial charge in [-0.3, -0.25) is 0 Å². The van der Waals surface area contributed by atoms with E-state index in [0.29, 0.717) is 0 Å². The first-order valence-electron chi connectivity index (χ1n) is 5.98. The average molecular weight is 240 g/mol. The minimum Gasteiger partial charge on any atom is -0.400 e. The summed E-state index contributed by atoms with van der Waals surface area (Å²) in [5.74, 6) is -0.319. The third-order valence-corrected chi connectivity index (χ3v) is 3.52. The molecule has 1 saturated heterocycles. The Labute approximate surface area is 104 Å². The zero-order chi connectivity index (χ0) is 13.4. The van der Waals surface area contributed by atoms with Crippen molar-refractivity contribution in [3.63, 3.8) is 0 Å². The summed E-state index contributed by atoms with van der Waals surface area (Å²) in [6, 6.07) is 0. The topological polar surface area (TPSA) is 18.5 Å². The molecule has 96 valence electrons. The van der Waals surface area contributed by atoms with E-state index < -0.39 is 24.1 Å². The lowest BCUT2D eigenvalue weighted by atomic mass is 9.71. The summed E-state index contributed by atoms with van der Waals surface area (Å²) in [5, 5.41) is 0. The van der Waals surface area contributed by atoms with Crippen molar-refractivity contribution in [1.29, 1.82) is 0 Å². The van der Waals surface area contributed by atoms with Crippen molar-refractivity contribution in [1.82, 2.24) is 0 Å². The Morgan fingerprint density at radius 3 is 1.88 bits per heavy atom. The van der Waals surface area contributed by atoms with Crippen molar-refractivity contribution in [2.45, 2.75) is 52.7 Å². The van der Waals surface area contributed by atoms with Gasteiger partial charge in [0.1, 0.15) is 5.83 Å². The van der Waals surface area contributed by atoms with Crippen molar-refractivity contribution in [3.05, 3.63) is 24.0 Å². The highest BCUT2D eigenvalue weighted by Gasteiger charge is 2.52. The smallest absolute Gasteiger partial charge is 0.400 e. The van der Waals surface area contributed by atoms with Crippen LogP contribution in [0.25, 0.3) is 0 Å². The summed E-state index contributed by atoms with van der Waals surface area (Å²) in [6.07, 6.45) is 1.41. The number of hydrogen-bond donors (Lipinski definition) is 0. The van der Waals surface area contributed by atoms with Gasteiger partial charge in [0.15, 0.2) is 0 Å². The van der Waals surface area contributed by atoms with Crippen LogP contribution in [-0.2, 0) is 9.31 Å². The zero-order valence-electron chi connectivity index (χ0n) is 11.6. The van der Waals surface area contributed by atoms with Crippen LogP contribution in [0.5, 0.6) is 0 Å². The molecule has 0 spiro atoms. The van der Waals surface area contributed by atoms with E-state index in [4.69, 9.17) is 9.31 Å². The standard InChI is InChI=1S/C13H22BFO2/c1-9(2)11(8-10(3)15)14-16-12(4,5)13(6,7)17-14/h8-9H,3H2,1-2,4-7H3. The molecule has 0 aromatic rings. The van der Waals surface area contributed by atoms with Gasteiger partial charge in [-0.15, -0.1) is 0 Å². The fourth-order valence-corrected chi connectivity index (χ4v) is 1.67. The number of allylic oxidation sites excluding steroid dienone is 3. The van der Waals surface area contributed by atoms with Gasteiger partial charge < -0.3 is 9.31 Å². The summed E-state index contributed by atoms with van der Waals surface area (Å²) in [5.41, 5.74) is -0.0109. The summed E-state index contributed by atoms with van der Waals surface area (Å²) in [4.78, 5) is 0. The maximum absolute atomic E-state index is 13.0. The average Bonchev–Trinajstić information content (AvgIpc) is 2.31. The molecule has 0 aromatic carbocycles. The first kappa shape index (κ1) is 14.5. The molecule has 2 nitrogen and oxygen atoms in total. The second kappa shape index (κ2) is 4.58. The van der Waals surface area contributed by atoms with E-state index >= 15 is 0 Å². The molecule has 17 heavy (non-hydrogen) atoms. The lowest BCUT2D eigenvalue weighted by Gasteiger charge is -2.32. The van der Waals surface area contributed by atoms with Crippen molar-refractivity contribution in [3.8, 4) is 0 Å². The lowest BCUT2D eigenvalue weighted by molar-refractivity contribution is 0.00578. The van der Waals surface area contributed by atoms with Crippen LogP contribution in [0, 0.1) is 5.92 Å². The Bertz CT molecular complexity index is 329.